The van der Waals surface area contributed by atoms with Crippen LogP contribution in [0.15, 0.2) is 12.1 Å². The highest BCUT2D eigenvalue weighted by molar-refractivity contribution is 5.71. The summed E-state index contributed by atoms with van der Waals surface area (Å²) in [5.74, 6) is 1.57. The summed E-state index contributed by atoms with van der Waals surface area (Å²) in [7, 11) is 0. The predicted octanol–water partition coefficient (Wildman–Crippen LogP) is 1.92. The topological polar surface area (TPSA) is 73.2 Å². The Morgan fingerprint density at radius 3 is 2.58 bits per heavy atom. The number of rotatable bonds is 2. The Morgan fingerprint density at radius 1 is 1.21 bits per heavy atom. The molecule has 0 radical (unpaired) electrons. The number of H-pyrrole nitrogens is 1. The number of ether oxygens (including phenoxy) is 2. The number of aromatic nitrogens is 2. The van der Waals surface area contributed by atoms with Crippen molar-refractivity contribution >= 4 is 0 Å². The summed E-state index contributed by atoms with van der Waals surface area (Å²) in [5.41, 5.74) is 10.9. The molecule has 0 spiro atoms. The van der Waals surface area contributed by atoms with E-state index in [1.54, 1.807) is 0 Å². The summed E-state index contributed by atoms with van der Waals surface area (Å²) in [5, 5.41) is 7.36. The highest BCUT2D eigenvalue weighted by atomic mass is 16.6. The molecule has 3 rings (SSSR count). The second-order valence-electron chi connectivity index (χ2n) is 4.69. The molecule has 1 aliphatic heterocycles. The maximum Gasteiger partial charge on any atom is 0.162 e. The Morgan fingerprint density at radius 2 is 1.89 bits per heavy atom. The summed E-state index contributed by atoms with van der Waals surface area (Å²) < 4.78 is 11.2. The first-order chi connectivity index (χ1) is 9.20. The van der Waals surface area contributed by atoms with Gasteiger partial charge in [-0.3, -0.25) is 5.10 Å². The molecule has 1 aromatic heterocycles. The van der Waals surface area contributed by atoms with Crippen LogP contribution in [0, 0.1) is 13.8 Å². The fourth-order valence-electron chi connectivity index (χ4n) is 2.37. The maximum atomic E-state index is 5.81. The monoisotopic (exact) mass is 259 g/mol. The number of nitrogens with one attached hydrogen (secondary N) is 1. The molecule has 100 valence electrons. The van der Waals surface area contributed by atoms with Crippen molar-refractivity contribution in [2.45, 2.75) is 20.4 Å². The summed E-state index contributed by atoms with van der Waals surface area (Å²) in [6.45, 7) is 5.66. The van der Waals surface area contributed by atoms with E-state index >= 15 is 0 Å². The fourth-order valence-corrected chi connectivity index (χ4v) is 2.37. The molecule has 3 N–H and O–H groups in total. The van der Waals surface area contributed by atoms with E-state index in [-0.39, 0.29) is 0 Å². The van der Waals surface area contributed by atoms with E-state index in [0.29, 0.717) is 19.8 Å². The van der Waals surface area contributed by atoms with Gasteiger partial charge in [0.1, 0.15) is 13.2 Å². The first kappa shape index (κ1) is 12.0. The molecule has 19 heavy (non-hydrogen) atoms. The molecule has 5 nitrogen and oxygen atoms in total. The van der Waals surface area contributed by atoms with Gasteiger partial charge in [-0.1, -0.05) is 0 Å². The van der Waals surface area contributed by atoms with E-state index < -0.39 is 0 Å². The van der Waals surface area contributed by atoms with Crippen LogP contribution in [0.3, 0.4) is 0 Å². The molecule has 2 aromatic rings. The van der Waals surface area contributed by atoms with Crippen LogP contribution < -0.4 is 15.2 Å². The molecule has 0 bridgehead atoms. The molecule has 0 atom stereocenters. The quantitative estimate of drug-likeness (QED) is 0.864. The molecule has 0 fully saturated rings. The van der Waals surface area contributed by atoms with Gasteiger partial charge >= 0.3 is 0 Å². The molecular weight excluding hydrogens is 242 g/mol. The number of hydrogen-bond acceptors (Lipinski definition) is 4. The van der Waals surface area contributed by atoms with E-state index in [1.807, 2.05) is 26.0 Å². The standard InChI is InChI=1S/C14H17N3O2/c1-8-5-12-13(19-4-3-18-12)6-10(8)14-11(7-15)9(2)16-17-14/h5-6H,3-4,7,15H2,1-2H3,(H,16,17). The van der Waals surface area contributed by atoms with Crippen molar-refractivity contribution < 1.29 is 9.47 Å². The number of nitrogens with zero attached hydrogens (tertiary/aromatic N) is 1. The third kappa shape index (κ3) is 1.96. The molecular formula is C14H17N3O2. The molecule has 0 aliphatic carbocycles. The average Bonchev–Trinajstić information content (AvgIpc) is 2.78. The highest BCUT2D eigenvalue weighted by Gasteiger charge is 2.18. The van der Waals surface area contributed by atoms with Crippen molar-refractivity contribution in [1.29, 1.82) is 0 Å². The lowest BCUT2D eigenvalue weighted by molar-refractivity contribution is 0.171. The Balaban J connectivity index is 2.14. The molecule has 0 saturated carbocycles. The maximum absolute atomic E-state index is 5.81. The van der Waals surface area contributed by atoms with Crippen LogP contribution >= 0.6 is 0 Å². The van der Waals surface area contributed by atoms with Crippen molar-refractivity contribution in [2.24, 2.45) is 5.73 Å². The van der Waals surface area contributed by atoms with Gasteiger partial charge < -0.3 is 15.2 Å². The largest absolute Gasteiger partial charge is 0.486 e. The first-order valence-electron chi connectivity index (χ1n) is 6.35. The molecule has 5 heteroatoms. The molecule has 2 heterocycles. The summed E-state index contributed by atoms with van der Waals surface area (Å²) >= 11 is 0. The minimum atomic E-state index is 0.464. The summed E-state index contributed by atoms with van der Waals surface area (Å²) in [6, 6.07) is 3.98. The number of fused-ring (bicyclic) bond motifs is 1. The summed E-state index contributed by atoms with van der Waals surface area (Å²) in [6.07, 6.45) is 0. The average molecular weight is 259 g/mol. The highest BCUT2D eigenvalue weighted by Crippen LogP contribution is 2.37. The van der Waals surface area contributed by atoms with Crippen molar-refractivity contribution in [2.75, 3.05) is 13.2 Å². The number of hydrogen-bond donors (Lipinski definition) is 2. The zero-order valence-electron chi connectivity index (χ0n) is 11.1. The third-order valence-corrected chi connectivity index (χ3v) is 3.42. The minimum Gasteiger partial charge on any atom is -0.486 e. The van der Waals surface area contributed by atoms with Gasteiger partial charge in [-0.15, -0.1) is 0 Å². The second kappa shape index (κ2) is 4.59. The lowest BCUT2D eigenvalue weighted by atomic mass is 10.0. The van der Waals surface area contributed by atoms with Gasteiger partial charge in [0, 0.05) is 23.4 Å². The van der Waals surface area contributed by atoms with E-state index in [1.165, 1.54) is 0 Å². The number of nitrogens with two attached hydrogens (primary N) is 1. The Labute approximate surface area is 111 Å². The number of aromatic amines is 1. The van der Waals surface area contributed by atoms with Crippen LogP contribution in [-0.4, -0.2) is 23.4 Å². The van der Waals surface area contributed by atoms with Crippen LogP contribution in [-0.2, 0) is 6.54 Å². The molecule has 0 amide bonds. The third-order valence-electron chi connectivity index (χ3n) is 3.42. The Hall–Kier alpha value is -2.01. The van der Waals surface area contributed by atoms with Crippen molar-refractivity contribution in [3.8, 4) is 22.8 Å². The van der Waals surface area contributed by atoms with Crippen LogP contribution in [0.4, 0.5) is 0 Å². The molecule has 0 saturated heterocycles. The Kier molecular flexibility index (Phi) is 2.91. The Bertz CT molecular complexity index is 619. The first-order valence-corrected chi connectivity index (χ1v) is 6.35. The molecule has 0 unspecified atom stereocenters. The van der Waals surface area contributed by atoms with Gasteiger partial charge in [-0.25, -0.2) is 0 Å². The van der Waals surface area contributed by atoms with Gasteiger partial charge in [-0.2, -0.15) is 5.10 Å². The van der Waals surface area contributed by atoms with Gasteiger partial charge in [0.2, 0.25) is 0 Å². The van der Waals surface area contributed by atoms with Crippen LogP contribution in [0.1, 0.15) is 16.8 Å². The van der Waals surface area contributed by atoms with Crippen LogP contribution in [0.2, 0.25) is 0 Å². The lowest BCUT2D eigenvalue weighted by Gasteiger charge is -2.20. The van der Waals surface area contributed by atoms with Gasteiger partial charge in [0.05, 0.1) is 5.69 Å². The fraction of sp³-hybridized carbons (Fsp3) is 0.357. The molecule has 1 aliphatic rings. The zero-order chi connectivity index (χ0) is 13.4. The lowest BCUT2D eigenvalue weighted by Crippen LogP contribution is -2.15. The molecule has 1 aromatic carbocycles. The normalized spacial score (nSPS) is 13.6. The minimum absolute atomic E-state index is 0.464. The van der Waals surface area contributed by atoms with Crippen LogP contribution in [0.25, 0.3) is 11.3 Å². The summed E-state index contributed by atoms with van der Waals surface area (Å²) in [4.78, 5) is 0. The van der Waals surface area contributed by atoms with E-state index in [0.717, 1.165) is 39.6 Å². The zero-order valence-corrected chi connectivity index (χ0v) is 11.1. The van der Waals surface area contributed by atoms with Gasteiger partial charge in [-0.05, 0) is 31.5 Å². The second-order valence-corrected chi connectivity index (χ2v) is 4.69. The van der Waals surface area contributed by atoms with Crippen molar-refractivity contribution in [1.82, 2.24) is 10.2 Å². The van der Waals surface area contributed by atoms with Crippen LogP contribution in [0.5, 0.6) is 11.5 Å². The number of aryl methyl sites for hydroxylation is 2. The van der Waals surface area contributed by atoms with Crippen molar-refractivity contribution in [3.63, 3.8) is 0 Å². The van der Waals surface area contributed by atoms with Gasteiger partial charge in [0.15, 0.2) is 11.5 Å². The van der Waals surface area contributed by atoms with E-state index in [4.69, 9.17) is 15.2 Å². The number of benzene rings is 1. The van der Waals surface area contributed by atoms with Crippen molar-refractivity contribution in [3.05, 3.63) is 29.0 Å². The SMILES string of the molecule is Cc1cc2c(cc1-c1n[nH]c(C)c1CN)OCCO2. The van der Waals surface area contributed by atoms with E-state index in [9.17, 15) is 0 Å². The predicted molar refractivity (Wildman–Crippen MR) is 72.4 cm³/mol. The van der Waals surface area contributed by atoms with E-state index in [2.05, 4.69) is 10.2 Å². The smallest absolute Gasteiger partial charge is 0.162 e. The van der Waals surface area contributed by atoms with Gasteiger partial charge in [0.25, 0.3) is 0 Å².